The molecule has 0 aliphatic rings. The maximum absolute atomic E-state index is 11.6. The predicted molar refractivity (Wildman–Crippen MR) is 70.7 cm³/mol. The topological polar surface area (TPSA) is 47.6 Å². The van der Waals surface area contributed by atoms with Gasteiger partial charge in [0, 0.05) is 6.42 Å². The SMILES string of the molecule is CCNC(CCOc1ccccc1)C(=O)OCC. The zero-order valence-corrected chi connectivity index (χ0v) is 11.0. The summed E-state index contributed by atoms with van der Waals surface area (Å²) in [6.45, 7) is 5.39. The van der Waals surface area contributed by atoms with Crippen molar-refractivity contribution in [2.45, 2.75) is 26.3 Å². The molecule has 1 N–H and O–H groups in total. The molecule has 0 bridgehead atoms. The van der Waals surface area contributed by atoms with Crippen molar-refractivity contribution in [2.75, 3.05) is 19.8 Å². The van der Waals surface area contributed by atoms with Gasteiger partial charge >= 0.3 is 5.97 Å². The Bertz CT molecular complexity index is 340. The molecular formula is C14H21NO3. The summed E-state index contributed by atoms with van der Waals surface area (Å²) >= 11 is 0. The van der Waals surface area contributed by atoms with Gasteiger partial charge in [0.1, 0.15) is 11.8 Å². The van der Waals surface area contributed by atoms with Crippen LogP contribution in [0.3, 0.4) is 0 Å². The summed E-state index contributed by atoms with van der Waals surface area (Å²) in [6.07, 6.45) is 0.599. The highest BCUT2D eigenvalue weighted by molar-refractivity contribution is 5.75. The fourth-order valence-corrected chi connectivity index (χ4v) is 1.60. The number of hydrogen-bond acceptors (Lipinski definition) is 4. The lowest BCUT2D eigenvalue weighted by atomic mass is 10.2. The lowest BCUT2D eigenvalue weighted by Gasteiger charge is -2.16. The predicted octanol–water partition coefficient (Wildman–Crippen LogP) is 2.00. The molecule has 0 aliphatic carbocycles. The van der Waals surface area contributed by atoms with Crippen molar-refractivity contribution in [3.8, 4) is 5.75 Å². The van der Waals surface area contributed by atoms with Crippen LogP contribution in [0.2, 0.25) is 0 Å². The molecule has 0 fully saturated rings. The fourth-order valence-electron chi connectivity index (χ4n) is 1.60. The Morgan fingerprint density at radius 1 is 1.28 bits per heavy atom. The number of para-hydroxylation sites is 1. The second-order valence-electron chi connectivity index (χ2n) is 3.81. The van der Waals surface area contributed by atoms with Crippen molar-refractivity contribution >= 4 is 5.97 Å². The van der Waals surface area contributed by atoms with Crippen molar-refractivity contribution in [1.29, 1.82) is 0 Å². The third kappa shape index (κ3) is 5.19. The molecule has 0 heterocycles. The molecule has 0 saturated carbocycles. The number of hydrogen-bond donors (Lipinski definition) is 1. The van der Waals surface area contributed by atoms with Gasteiger partial charge in [0.15, 0.2) is 0 Å². The molecule has 0 amide bonds. The van der Waals surface area contributed by atoms with Gasteiger partial charge in [0.25, 0.3) is 0 Å². The first-order valence-corrected chi connectivity index (χ1v) is 6.35. The van der Waals surface area contributed by atoms with Crippen LogP contribution in [0, 0.1) is 0 Å². The number of nitrogens with one attached hydrogen (secondary N) is 1. The highest BCUT2D eigenvalue weighted by atomic mass is 16.5. The van der Waals surface area contributed by atoms with Crippen LogP contribution in [-0.4, -0.2) is 31.8 Å². The van der Waals surface area contributed by atoms with E-state index >= 15 is 0 Å². The second kappa shape index (κ2) is 8.53. The molecule has 4 heteroatoms. The molecule has 1 aromatic carbocycles. The number of carbonyl (C=O) groups excluding carboxylic acids is 1. The number of esters is 1. The van der Waals surface area contributed by atoms with Gasteiger partial charge < -0.3 is 14.8 Å². The number of likely N-dealkylation sites (N-methyl/N-ethyl adjacent to an activating group) is 1. The summed E-state index contributed by atoms with van der Waals surface area (Å²) in [5.74, 6) is 0.604. The summed E-state index contributed by atoms with van der Waals surface area (Å²) in [4.78, 5) is 11.6. The molecular weight excluding hydrogens is 230 g/mol. The number of benzene rings is 1. The first kappa shape index (κ1) is 14.5. The molecule has 1 unspecified atom stereocenters. The molecule has 1 atom stereocenters. The Morgan fingerprint density at radius 3 is 2.61 bits per heavy atom. The van der Waals surface area contributed by atoms with E-state index in [1.807, 2.05) is 37.3 Å². The molecule has 1 aromatic rings. The maximum atomic E-state index is 11.6. The first-order chi connectivity index (χ1) is 8.77. The van der Waals surface area contributed by atoms with Gasteiger partial charge in [0.05, 0.1) is 13.2 Å². The Balaban J connectivity index is 2.35. The van der Waals surface area contributed by atoms with Gasteiger partial charge in [-0.3, -0.25) is 4.79 Å². The van der Waals surface area contributed by atoms with Gasteiger partial charge in [-0.15, -0.1) is 0 Å². The Hall–Kier alpha value is -1.55. The summed E-state index contributed by atoms with van der Waals surface area (Å²) in [7, 11) is 0. The molecule has 18 heavy (non-hydrogen) atoms. The van der Waals surface area contributed by atoms with E-state index in [1.165, 1.54) is 0 Å². The average Bonchev–Trinajstić information content (AvgIpc) is 2.39. The molecule has 0 aromatic heterocycles. The van der Waals surface area contributed by atoms with Crippen molar-refractivity contribution in [1.82, 2.24) is 5.32 Å². The lowest BCUT2D eigenvalue weighted by molar-refractivity contribution is -0.146. The third-order valence-corrected chi connectivity index (χ3v) is 2.44. The van der Waals surface area contributed by atoms with Gasteiger partial charge in [0.2, 0.25) is 0 Å². The average molecular weight is 251 g/mol. The van der Waals surface area contributed by atoms with Crippen LogP contribution in [0.1, 0.15) is 20.3 Å². The van der Waals surface area contributed by atoms with Crippen molar-refractivity contribution < 1.29 is 14.3 Å². The van der Waals surface area contributed by atoms with Crippen molar-refractivity contribution in [2.24, 2.45) is 0 Å². The summed E-state index contributed by atoms with van der Waals surface area (Å²) in [5.41, 5.74) is 0. The van der Waals surface area contributed by atoms with Gasteiger partial charge in [-0.1, -0.05) is 25.1 Å². The van der Waals surface area contributed by atoms with Gasteiger partial charge in [-0.2, -0.15) is 0 Å². The summed E-state index contributed by atoms with van der Waals surface area (Å²) < 4.78 is 10.6. The van der Waals surface area contributed by atoms with Crippen molar-refractivity contribution in [3.63, 3.8) is 0 Å². The monoisotopic (exact) mass is 251 g/mol. The van der Waals surface area contributed by atoms with E-state index in [1.54, 1.807) is 6.92 Å². The van der Waals surface area contributed by atoms with E-state index in [-0.39, 0.29) is 12.0 Å². The number of ether oxygens (including phenoxy) is 2. The third-order valence-electron chi connectivity index (χ3n) is 2.44. The van der Waals surface area contributed by atoms with E-state index in [9.17, 15) is 4.79 Å². The van der Waals surface area contributed by atoms with Crippen LogP contribution in [0.4, 0.5) is 0 Å². The molecule has 0 aliphatic heterocycles. The maximum Gasteiger partial charge on any atom is 0.323 e. The first-order valence-electron chi connectivity index (χ1n) is 6.35. The molecule has 0 radical (unpaired) electrons. The number of rotatable bonds is 8. The minimum absolute atomic E-state index is 0.212. The summed E-state index contributed by atoms with van der Waals surface area (Å²) in [6, 6.07) is 9.27. The Morgan fingerprint density at radius 2 is 2.00 bits per heavy atom. The van der Waals surface area contributed by atoms with E-state index in [0.717, 1.165) is 12.3 Å². The smallest absolute Gasteiger partial charge is 0.323 e. The Kier molecular flexibility index (Phi) is 6.87. The summed E-state index contributed by atoms with van der Waals surface area (Å²) in [5, 5.41) is 3.10. The minimum atomic E-state index is -0.293. The van der Waals surface area contributed by atoms with E-state index in [2.05, 4.69) is 5.32 Å². The standard InChI is InChI=1S/C14H21NO3/c1-3-15-13(14(16)17-4-2)10-11-18-12-8-6-5-7-9-12/h5-9,13,15H,3-4,10-11H2,1-2H3. The molecule has 4 nitrogen and oxygen atoms in total. The Labute approximate surface area is 108 Å². The normalized spacial score (nSPS) is 11.9. The molecule has 0 saturated heterocycles. The number of carbonyl (C=O) groups is 1. The molecule has 100 valence electrons. The van der Waals surface area contributed by atoms with Gasteiger partial charge in [-0.05, 0) is 25.6 Å². The van der Waals surface area contributed by atoms with Crippen LogP contribution in [0.5, 0.6) is 5.75 Å². The van der Waals surface area contributed by atoms with E-state index in [4.69, 9.17) is 9.47 Å². The molecule has 0 spiro atoms. The van der Waals surface area contributed by atoms with E-state index < -0.39 is 0 Å². The quantitative estimate of drug-likeness (QED) is 0.718. The zero-order chi connectivity index (χ0) is 13.2. The lowest BCUT2D eigenvalue weighted by Crippen LogP contribution is -2.39. The van der Waals surface area contributed by atoms with Crippen LogP contribution in [0.15, 0.2) is 30.3 Å². The highest BCUT2D eigenvalue weighted by Gasteiger charge is 2.18. The minimum Gasteiger partial charge on any atom is -0.494 e. The van der Waals surface area contributed by atoms with E-state index in [0.29, 0.717) is 19.6 Å². The zero-order valence-electron chi connectivity index (χ0n) is 11.0. The van der Waals surface area contributed by atoms with Crippen LogP contribution in [0.25, 0.3) is 0 Å². The molecule has 1 rings (SSSR count). The van der Waals surface area contributed by atoms with Crippen LogP contribution in [-0.2, 0) is 9.53 Å². The van der Waals surface area contributed by atoms with Crippen LogP contribution < -0.4 is 10.1 Å². The van der Waals surface area contributed by atoms with Crippen molar-refractivity contribution in [3.05, 3.63) is 30.3 Å². The second-order valence-corrected chi connectivity index (χ2v) is 3.81. The largest absolute Gasteiger partial charge is 0.494 e. The van der Waals surface area contributed by atoms with Crippen LogP contribution >= 0.6 is 0 Å². The highest BCUT2D eigenvalue weighted by Crippen LogP contribution is 2.09. The fraction of sp³-hybridized carbons (Fsp3) is 0.500. The van der Waals surface area contributed by atoms with Gasteiger partial charge in [-0.25, -0.2) is 0 Å².